The third kappa shape index (κ3) is 6.24. The summed E-state index contributed by atoms with van der Waals surface area (Å²) in [6, 6.07) is 14.5. The number of halogens is 4. The molecule has 41 heavy (non-hydrogen) atoms. The molecule has 0 saturated heterocycles. The fraction of sp³-hybridized carbons (Fsp3) is 0.0400. The molecule has 6 rings (SSSR count). The van der Waals surface area contributed by atoms with E-state index in [0.29, 0.717) is 38.3 Å². The van der Waals surface area contributed by atoms with Gasteiger partial charge in [0.25, 0.3) is 0 Å². The van der Waals surface area contributed by atoms with E-state index in [9.17, 15) is 4.79 Å². The Bertz CT molecular complexity index is 2010. The van der Waals surface area contributed by atoms with E-state index in [0.717, 1.165) is 18.3 Å². The number of aromatic nitrogens is 6. The number of ether oxygens (including phenoxy) is 1. The van der Waals surface area contributed by atoms with Crippen molar-refractivity contribution in [3.8, 4) is 5.75 Å². The quantitative estimate of drug-likeness (QED) is 0.0769. The first-order valence-corrected chi connectivity index (χ1v) is 14.6. The van der Waals surface area contributed by atoms with Gasteiger partial charge in [-0.1, -0.05) is 29.3 Å². The molecule has 16 heteroatoms. The van der Waals surface area contributed by atoms with Gasteiger partial charge in [-0.25, -0.2) is 14.4 Å². The summed E-state index contributed by atoms with van der Waals surface area (Å²) < 4.78 is 12.8. The van der Waals surface area contributed by atoms with Crippen molar-refractivity contribution in [1.29, 1.82) is 0 Å². The van der Waals surface area contributed by atoms with Crippen LogP contribution in [0.1, 0.15) is 11.1 Å². The third-order valence-electron chi connectivity index (χ3n) is 5.69. The van der Waals surface area contributed by atoms with Gasteiger partial charge < -0.3 is 20.0 Å². The maximum absolute atomic E-state index is 11.6. The fourth-order valence-electron chi connectivity index (χ4n) is 3.83. The minimum Gasteiger partial charge on any atom is -0.487 e. The van der Waals surface area contributed by atoms with Crippen molar-refractivity contribution >= 4 is 114 Å². The molecular weight excluding hydrogens is 799 g/mol. The first-order valence-electron chi connectivity index (χ1n) is 11.7. The Hall–Kier alpha value is -3.48. The van der Waals surface area contributed by atoms with E-state index in [1.807, 2.05) is 18.2 Å². The largest absolute Gasteiger partial charge is 0.487 e. The highest BCUT2D eigenvalue weighted by atomic mass is 127. The molecule has 12 nitrogen and oxygen atoms in total. The average molecular weight is 814 g/mol. The molecule has 206 valence electrons. The van der Waals surface area contributed by atoms with Crippen LogP contribution in [0.5, 0.6) is 5.75 Å². The van der Waals surface area contributed by atoms with Gasteiger partial charge in [0.15, 0.2) is 11.6 Å². The molecule has 0 radical (unpaired) electrons. The van der Waals surface area contributed by atoms with Crippen LogP contribution in [0.2, 0.25) is 10.0 Å². The number of nitrogens with zero attached hydrogens (tertiary/aromatic N) is 5. The molecule has 0 bridgehead atoms. The van der Waals surface area contributed by atoms with Crippen molar-refractivity contribution in [2.45, 2.75) is 6.61 Å². The van der Waals surface area contributed by atoms with E-state index >= 15 is 0 Å². The Morgan fingerprint density at radius 1 is 0.976 bits per heavy atom. The molecule has 3 heterocycles. The van der Waals surface area contributed by atoms with Gasteiger partial charge in [0.2, 0.25) is 11.3 Å². The van der Waals surface area contributed by atoms with Gasteiger partial charge in [-0.2, -0.15) is 10.1 Å². The molecule has 0 atom stereocenters. The van der Waals surface area contributed by atoms with Crippen LogP contribution >= 0.6 is 68.4 Å². The monoisotopic (exact) mass is 813 g/mol. The number of H-pyrrole nitrogens is 2. The highest BCUT2D eigenvalue weighted by Gasteiger charge is 2.15. The summed E-state index contributed by atoms with van der Waals surface area (Å²) in [5, 5.41) is 16.2. The lowest BCUT2D eigenvalue weighted by Crippen LogP contribution is -2.04. The van der Waals surface area contributed by atoms with Gasteiger partial charge >= 0.3 is 5.69 Å². The van der Waals surface area contributed by atoms with Gasteiger partial charge in [-0.05, 0) is 98.0 Å². The molecule has 6 aromatic rings. The van der Waals surface area contributed by atoms with Gasteiger partial charge in [-0.3, -0.25) is 5.43 Å². The second-order valence-electron chi connectivity index (χ2n) is 8.50. The second-order valence-corrected chi connectivity index (χ2v) is 11.7. The molecule has 3 aromatic carbocycles. The smallest absolute Gasteiger partial charge is 0.323 e. The second kappa shape index (κ2) is 11.8. The van der Waals surface area contributed by atoms with Crippen molar-refractivity contribution in [3.63, 3.8) is 0 Å². The van der Waals surface area contributed by atoms with Crippen LogP contribution in [-0.4, -0.2) is 36.5 Å². The molecule has 0 amide bonds. The lowest BCUT2D eigenvalue weighted by atomic mass is 10.2. The molecule has 4 N–H and O–H groups in total. The third-order valence-corrected chi connectivity index (χ3v) is 7.70. The molecule has 0 unspecified atom stereocenters. The summed E-state index contributed by atoms with van der Waals surface area (Å²) in [7, 11) is 0. The van der Waals surface area contributed by atoms with Crippen LogP contribution in [0.25, 0.3) is 22.3 Å². The van der Waals surface area contributed by atoms with Gasteiger partial charge in [0, 0.05) is 30.4 Å². The van der Waals surface area contributed by atoms with E-state index in [4.69, 9.17) is 32.6 Å². The number of hydrogen-bond acceptors (Lipinski definition) is 10. The van der Waals surface area contributed by atoms with Crippen molar-refractivity contribution in [2.24, 2.45) is 5.10 Å². The van der Waals surface area contributed by atoms with Crippen molar-refractivity contribution in [1.82, 2.24) is 30.2 Å². The molecule has 0 spiro atoms. The Morgan fingerprint density at radius 2 is 1.76 bits per heavy atom. The standard InChI is InChI=1S/C25H15Cl2I2N9O3/c26-13-2-1-11(16(27)6-13)10-40-20-12(5-14(28)7-17(20)29)9-30-36-22-21(34-23-24(35-22)38-41-37-23)31-15-3-4-18-19(8-15)33-25(39)32-18/h1-9H,10H2,(H,31,34,37)(H2,32,33,39)(H,35,36,38). The normalized spacial score (nSPS) is 11.5. The molecule has 0 aliphatic heterocycles. The van der Waals surface area contributed by atoms with Crippen LogP contribution in [0.15, 0.2) is 63.1 Å². The minimum absolute atomic E-state index is 0.200. The summed E-state index contributed by atoms with van der Waals surface area (Å²) in [5.41, 5.74) is 6.52. The summed E-state index contributed by atoms with van der Waals surface area (Å²) >= 11 is 16.8. The Kier molecular flexibility index (Phi) is 7.96. The lowest BCUT2D eigenvalue weighted by Gasteiger charge is -2.13. The van der Waals surface area contributed by atoms with Crippen LogP contribution in [0.3, 0.4) is 0 Å². The Balaban J connectivity index is 1.27. The van der Waals surface area contributed by atoms with Crippen molar-refractivity contribution in [3.05, 3.63) is 87.3 Å². The van der Waals surface area contributed by atoms with Gasteiger partial charge in [0.05, 0.1) is 20.8 Å². The number of aromatic amines is 2. The number of hydrogen-bond donors (Lipinski definition) is 4. The van der Waals surface area contributed by atoms with Gasteiger partial charge in [0.1, 0.15) is 12.4 Å². The molecule has 0 aliphatic carbocycles. The first kappa shape index (κ1) is 27.7. The highest BCUT2D eigenvalue weighted by Crippen LogP contribution is 2.30. The van der Waals surface area contributed by atoms with E-state index in [1.54, 1.807) is 36.5 Å². The zero-order valence-corrected chi connectivity index (χ0v) is 26.2. The fourth-order valence-corrected chi connectivity index (χ4v) is 6.34. The van der Waals surface area contributed by atoms with Crippen LogP contribution in [0, 0.1) is 7.14 Å². The highest BCUT2D eigenvalue weighted by molar-refractivity contribution is 14.1. The first-order chi connectivity index (χ1) is 19.8. The maximum Gasteiger partial charge on any atom is 0.323 e. The predicted molar refractivity (Wildman–Crippen MR) is 173 cm³/mol. The van der Waals surface area contributed by atoms with Gasteiger partial charge in [-0.15, -0.1) is 0 Å². The van der Waals surface area contributed by atoms with E-state index in [-0.39, 0.29) is 29.4 Å². The minimum atomic E-state index is -0.298. The Labute approximate surface area is 267 Å². The summed E-state index contributed by atoms with van der Waals surface area (Å²) in [4.78, 5) is 26.0. The zero-order valence-electron chi connectivity index (χ0n) is 20.4. The SMILES string of the molecule is O=c1[nH]c2ccc(Nc3nc4nonc4nc3NN=Cc3cc(I)cc(I)c3OCc3ccc(Cl)cc3Cl)cc2[nH]1. The van der Waals surface area contributed by atoms with E-state index < -0.39 is 0 Å². The average Bonchev–Trinajstić information content (AvgIpc) is 3.53. The Morgan fingerprint density at radius 3 is 2.56 bits per heavy atom. The molecule has 0 saturated carbocycles. The van der Waals surface area contributed by atoms with Crippen LogP contribution in [0.4, 0.5) is 17.3 Å². The summed E-state index contributed by atoms with van der Waals surface area (Å²) in [5.74, 6) is 1.22. The van der Waals surface area contributed by atoms with Crippen molar-refractivity contribution in [2.75, 3.05) is 10.7 Å². The number of imidazole rings is 1. The van der Waals surface area contributed by atoms with Crippen molar-refractivity contribution < 1.29 is 9.37 Å². The van der Waals surface area contributed by atoms with E-state index in [1.165, 1.54) is 0 Å². The molecule has 0 fully saturated rings. The molecule has 3 aromatic heterocycles. The summed E-state index contributed by atoms with van der Waals surface area (Å²) in [6.07, 6.45) is 1.62. The zero-order chi connectivity index (χ0) is 28.5. The number of anilines is 3. The van der Waals surface area contributed by atoms with Crippen LogP contribution in [-0.2, 0) is 6.61 Å². The number of benzene rings is 3. The number of rotatable bonds is 8. The predicted octanol–water partition coefficient (Wildman–Crippen LogP) is 6.47. The van der Waals surface area contributed by atoms with Crippen LogP contribution < -0.4 is 21.2 Å². The molecular formula is C25H15Cl2I2N9O3. The topological polar surface area (TPSA) is 159 Å². The lowest BCUT2D eigenvalue weighted by molar-refractivity contribution is 0.303. The van der Waals surface area contributed by atoms with E-state index in [2.05, 4.69) is 91.3 Å². The maximum atomic E-state index is 11.6. The molecule has 0 aliphatic rings. The number of hydrazone groups is 1. The number of fused-ring (bicyclic) bond motifs is 2. The number of nitrogens with one attached hydrogen (secondary N) is 4. The summed E-state index contributed by atoms with van der Waals surface area (Å²) in [6.45, 7) is 0.243.